The highest BCUT2D eigenvalue weighted by atomic mass is 13.7. The topological polar surface area (TPSA) is 0 Å². The Balaban J connectivity index is -0.0000000368. The number of hydrogen-bond donors (Lipinski definition) is 0. The van der Waals surface area contributed by atoms with E-state index in [1.54, 1.807) is 0 Å². The van der Waals surface area contributed by atoms with Gasteiger partial charge in [0.2, 0.25) is 0 Å². The maximum Gasteiger partial charge on any atom is -0.0590 e. The number of rotatable bonds is 0. The maximum absolute atomic E-state index is 2.12. The lowest BCUT2D eigenvalue weighted by molar-refractivity contribution is 1.09. The van der Waals surface area contributed by atoms with Crippen molar-refractivity contribution in [3.8, 4) is 0 Å². The van der Waals surface area contributed by atoms with Crippen LogP contribution in [0.1, 0.15) is 343 Å². The molecular weight excluding hydrogens is 1320 g/mol. The summed E-state index contributed by atoms with van der Waals surface area (Å²) in [6.07, 6.45) is 7.50. The summed E-state index contributed by atoms with van der Waals surface area (Å²) in [5.41, 5.74) is 0. The predicted molar refractivity (Wildman–Crippen MR) is 542 cm³/mol. The second-order valence-corrected chi connectivity index (χ2v) is 15.8. The second-order valence-electron chi connectivity index (χ2n) is 15.8. The predicted octanol–water partition coefficient (Wildman–Crippen LogP) is 41.8. The molecule has 0 N–H and O–H groups in total. The lowest BCUT2D eigenvalue weighted by Crippen LogP contribution is -1.47. The van der Waals surface area contributed by atoms with Gasteiger partial charge in [-0.05, 0) is 0 Å². The minimum Gasteiger partial charge on any atom is -0.0683 e. The van der Waals surface area contributed by atoms with Gasteiger partial charge in [0.05, 0.1) is 0 Å². The molecule has 0 heteroatoms. The van der Waals surface area contributed by atoms with Crippen molar-refractivity contribution >= 4 is 0 Å². The van der Waals surface area contributed by atoms with E-state index in [9.17, 15) is 0 Å². The average molecular weight is 1530 g/mol. The second kappa shape index (κ2) is 300. The maximum atomic E-state index is 2.12. The molecule has 0 radical (unpaired) electrons. The molecule has 0 aliphatic carbocycles. The van der Waals surface area contributed by atoms with Crippen molar-refractivity contribution in [2.75, 3.05) is 0 Å². The third-order valence-corrected chi connectivity index (χ3v) is 6.67. The first-order valence-electron chi connectivity index (χ1n) is 44.5. The molecule has 0 aliphatic rings. The molecule has 0 saturated carbocycles. The van der Waals surface area contributed by atoms with Gasteiger partial charge in [-0.15, -0.1) is 0 Å². The van der Waals surface area contributed by atoms with Gasteiger partial charge in [-0.3, -0.25) is 0 Å². The highest BCUT2D eigenvalue weighted by Crippen LogP contribution is 1.86. The molecule has 10 aromatic carbocycles. The first-order chi connectivity index (χ1) is 54.5. The normalized spacial score (nSPS) is 6.22. The van der Waals surface area contributed by atoms with Crippen LogP contribution in [-0.4, -0.2) is 0 Å². The third-order valence-electron chi connectivity index (χ3n) is 6.67. The molecule has 0 spiro atoms. The zero-order valence-corrected chi connectivity index (χ0v) is 82.9. The summed E-state index contributed by atoms with van der Waals surface area (Å²) in [4.78, 5) is 0. The summed E-state index contributed by atoms with van der Waals surface area (Å²) in [6, 6.07) is 120. The molecule has 0 atom stereocenters. The van der Waals surface area contributed by atoms with Gasteiger partial charge in [-0.2, -0.15) is 0 Å². The monoisotopic (exact) mass is 1530 g/mol. The van der Waals surface area contributed by atoms with Crippen LogP contribution >= 0.6 is 0 Å². The molecule has 0 nitrogen and oxygen atoms in total. The van der Waals surface area contributed by atoms with E-state index < -0.39 is 0 Å². The Morgan fingerprint density at radius 1 is 0.0636 bits per heavy atom. The first-order valence-corrected chi connectivity index (χ1v) is 44.5. The van der Waals surface area contributed by atoms with E-state index in [1.807, 2.05) is 586 Å². The Labute approximate surface area is 702 Å². The smallest absolute Gasteiger partial charge is 0.0590 e. The standard InChI is InChI=1S/10C6H6.6C3H8.16C2H6/c10*1-2-4-6-5-3-1;6*1-3-2;16*1-2/h10*1-6H;6*3H2,1-2H3;16*1-2H3. The van der Waals surface area contributed by atoms with Crippen LogP contribution < -0.4 is 0 Å². The SMILES string of the molecule is CC.CC.CC.CC.CC.CC.CC.CC.CC.CC.CC.CC.CC.CC.CC.CC.CCC.CCC.CCC.CCC.CCC.CCC.c1ccccc1.c1ccccc1.c1ccccc1.c1ccccc1.c1ccccc1.c1ccccc1.c1ccccc1.c1ccccc1.c1ccccc1.c1ccccc1. The highest BCUT2D eigenvalue weighted by molar-refractivity contribution is 5.04. The minimum atomic E-state index is 1.25. The van der Waals surface area contributed by atoms with E-state index in [4.69, 9.17) is 0 Å². The molecule has 0 saturated heterocycles. The molecule has 0 bridgehead atoms. The zero-order valence-electron chi connectivity index (χ0n) is 82.9. The molecule has 0 aliphatic heterocycles. The lowest BCUT2D eigenvalue weighted by atomic mass is 10.4. The summed E-state index contributed by atoms with van der Waals surface area (Å²) >= 11 is 0. The summed E-state index contributed by atoms with van der Waals surface area (Å²) in [5.74, 6) is 0. The molecule has 0 amide bonds. The molecule has 644 valence electrons. The van der Waals surface area contributed by atoms with Gasteiger partial charge in [0.15, 0.2) is 0 Å². The molecular formula is C110H204. The fourth-order valence-corrected chi connectivity index (χ4v) is 3.85. The van der Waals surface area contributed by atoms with Gasteiger partial charge in [0.1, 0.15) is 0 Å². The molecule has 0 unspecified atom stereocenters. The lowest BCUT2D eigenvalue weighted by Gasteiger charge is -1.69. The Hall–Kier alpha value is -7.80. The van der Waals surface area contributed by atoms with E-state index in [-0.39, 0.29) is 0 Å². The van der Waals surface area contributed by atoms with Crippen LogP contribution in [0.15, 0.2) is 364 Å². The third kappa shape index (κ3) is 362. The van der Waals surface area contributed by atoms with Crippen molar-refractivity contribution in [1.82, 2.24) is 0 Å². The Morgan fingerprint density at radius 3 is 0.0818 bits per heavy atom. The van der Waals surface area contributed by atoms with Gasteiger partial charge < -0.3 is 0 Å². The van der Waals surface area contributed by atoms with E-state index in [1.165, 1.54) is 38.5 Å². The Bertz CT molecular complexity index is 1330. The quantitative estimate of drug-likeness (QED) is 0.142. The molecule has 110 heavy (non-hydrogen) atoms. The van der Waals surface area contributed by atoms with Gasteiger partial charge in [-0.1, -0.05) is 707 Å². The van der Waals surface area contributed by atoms with Crippen molar-refractivity contribution in [2.24, 2.45) is 0 Å². The molecule has 10 rings (SSSR count). The average Bonchev–Trinajstić information content (AvgIpc) is 4.00. The van der Waals surface area contributed by atoms with Gasteiger partial charge in [0, 0.05) is 0 Å². The highest BCUT2D eigenvalue weighted by Gasteiger charge is 1.63. The fourth-order valence-electron chi connectivity index (χ4n) is 3.85. The zero-order chi connectivity index (χ0) is 90.7. The van der Waals surface area contributed by atoms with Crippen LogP contribution in [0.25, 0.3) is 0 Å². The molecule has 0 aromatic heterocycles. The number of hydrogen-bond acceptors (Lipinski definition) is 0. The van der Waals surface area contributed by atoms with Gasteiger partial charge in [0.25, 0.3) is 0 Å². The number of benzene rings is 10. The molecule has 0 heterocycles. The summed E-state index contributed by atoms with van der Waals surface area (Å²) in [6.45, 7) is 89.5. The van der Waals surface area contributed by atoms with Crippen molar-refractivity contribution < 1.29 is 0 Å². The van der Waals surface area contributed by atoms with Gasteiger partial charge in [-0.25, -0.2) is 0 Å². The summed E-state index contributed by atoms with van der Waals surface area (Å²) < 4.78 is 0. The van der Waals surface area contributed by atoms with Crippen molar-refractivity contribution in [3.63, 3.8) is 0 Å². The van der Waals surface area contributed by atoms with Crippen molar-refractivity contribution in [3.05, 3.63) is 364 Å². The fraction of sp³-hybridized carbons (Fsp3) is 0.455. The molecule has 0 fully saturated rings. The van der Waals surface area contributed by atoms with Crippen LogP contribution in [-0.2, 0) is 0 Å². The van der Waals surface area contributed by atoms with Crippen molar-refractivity contribution in [1.29, 1.82) is 0 Å². The summed E-state index contributed by atoms with van der Waals surface area (Å²) in [7, 11) is 0. The minimum absolute atomic E-state index is 1.25. The van der Waals surface area contributed by atoms with E-state index in [0.29, 0.717) is 0 Å². The molecule has 10 aromatic rings. The van der Waals surface area contributed by atoms with E-state index in [0.717, 1.165) is 0 Å². The van der Waals surface area contributed by atoms with Gasteiger partial charge >= 0.3 is 0 Å². The van der Waals surface area contributed by atoms with Crippen LogP contribution in [0.3, 0.4) is 0 Å². The van der Waals surface area contributed by atoms with Crippen molar-refractivity contribution in [2.45, 2.75) is 343 Å². The Kier molecular flexibility index (Phi) is 444. The van der Waals surface area contributed by atoms with Crippen LogP contribution in [0.5, 0.6) is 0 Å². The summed E-state index contributed by atoms with van der Waals surface area (Å²) in [5, 5.41) is 0. The first kappa shape index (κ1) is 163. The van der Waals surface area contributed by atoms with Crippen LogP contribution in [0, 0.1) is 0 Å². The van der Waals surface area contributed by atoms with Crippen LogP contribution in [0.4, 0.5) is 0 Å². The Morgan fingerprint density at radius 2 is 0.0727 bits per heavy atom. The van der Waals surface area contributed by atoms with E-state index >= 15 is 0 Å². The largest absolute Gasteiger partial charge is 0.0683 e. The van der Waals surface area contributed by atoms with Crippen LogP contribution in [0.2, 0.25) is 0 Å². The van der Waals surface area contributed by atoms with E-state index in [2.05, 4.69) is 83.1 Å².